The van der Waals surface area contributed by atoms with Crippen molar-refractivity contribution in [3.05, 3.63) is 64.8 Å². The van der Waals surface area contributed by atoms with Gasteiger partial charge < -0.3 is 0 Å². The fourth-order valence-corrected chi connectivity index (χ4v) is 2.45. The highest BCUT2D eigenvalue weighted by molar-refractivity contribution is 5.84. The van der Waals surface area contributed by atoms with Crippen LogP contribution in [-0.2, 0) is 6.42 Å². The summed E-state index contributed by atoms with van der Waals surface area (Å²) in [4.78, 5) is 0. The normalized spacial score (nSPS) is 12.7. The first-order valence-electron chi connectivity index (χ1n) is 7.17. The highest BCUT2D eigenvalue weighted by Crippen LogP contribution is 2.31. The average molecular weight is 254 g/mol. The van der Waals surface area contributed by atoms with E-state index in [1.54, 1.807) is 0 Å². The van der Waals surface area contributed by atoms with E-state index in [0.717, 1.165) is 18.4 Å². The molecule has 0 bridgehead atoms. The Labute approximate surface area is 118 Å². The summed E-state index contributed by atoms with van der Waals surface area (Å²) in [5.41, 5.74) is 7.87. The Morgan fingerprint density at radius 1 is 1.26 bits per heavy atom. The molecule has 1 aromatic rings. The molecule has 0 amide bonds. The number of aryl methyl sites for hydroxylation is 2. The number of benzene rings is 1. The molecular weight excluding hydrogens is 228 g/mol. The molecule has 0 nitrogen and oxygen atoms in total. The zero-order valence-corrected chi connectivity index (χ0v) is 13.0. The van der Waals surface area contributed by atoms with E-state index in [2.05, 4.69) is 71.5 Å². The smallest absolute Gasteiger partial charge is 0.0123 e. The molecule has 0 aromatic heterocycles. The van der Waals surface area contributed by atoms with E-state index in [0.29, 0.717) is 0 Å². The van der Waals surface area contributed by atoms with Crippen LogP contribution in [0, 0.1) is 6.92 Å². The van der Waals surface area contributed by atoms with Crippen LogP contribution in [0.15, 0.2) is 48.1 Å². The van der Waals surface area contributed by atoms with Gasteiger partial charge >= 0.3 is 0 Å². The Morgan fingerprint density at radius 3 is 2.47 bits per heavy atom. The van der Waals surface area contributed by atoms with Gasteiger partial charge in [-0.05, 0) is 61.4 Å². The van der Waals surface area contributed by atoms with Crippen LogP contribution in [0.4, 0.5) is 0 Å². The molecule has 0 spiro atoms. The van der Waals surface area contributed by atoms with E-state index in [9.17, 15) is 0 Å². The predicted octanol–water partition coefficient (Wildman–Crippen LogP) is 5.87. The Morgan fingerprint density at radius 2 is 1.95 bits per heavy atom. The molecule has 0 saturated heterocycles. The summed E-state index contributed by atoms with van der Waals surface area (Å²) in [6, 6.07) is 6.52. The summed E-state index contributed by atoms with van der Waals surface area (Å²) in [6.45, 7) is 15.2. The minimum absolute atomic E-state index is 1.05. The first-order valence-corrected chi connectivity index (χ1v) is 7.17. The third-order valence-corrected chi connectivity index (χ3v) is 3.69. The lowest BCUT2D eigenvalue weighted by Crippen LogP contribution is -1.98. The first kappa shape index (κ1) is 15.5. The summed E-state index contributed by atoms with van der Waals surface area (Å²) in [6.07, 6.45) is 6.40. The molecule has 0 heteroatoms. The molecule has 0 heterocycles. The second-order valence-corrected chi connectivity index (χ2v) is 4.99. The Hall–Kier alpha value is -1.56. The van der Waals surface area contributed by atoms with Gasteiger partial charge in [-0.1, -0.05) is 56.4 Å². The van der Waals surface area contributed by atoms with E-state index in [-0.39, 0.29) is 0 Å². The summed E-state index contributed by atoms with van der Waals surface area (Å²) in [5.74, 6) is 0. The molecule has 0 saturated carbocycles. The molecule has 0 radical (unpaired) electrons. The molecule has 0 fully saturated rings. The number of hydrogen-bond donors (Lipinski definition) is 0. The van der Waals surface area contributed by atoms with Crippen LogP contribution in [-0.4, -0.2) is 0 Å². The lowest BCUT2D eigenvalue weighted by atomic mass is 9.88. The van der Waals surface area contributed by atoms with Gasteiger partial charge in [-0.25, -0.2) is 0 Å². The van der Waals surface area contributed by atoms with Crippen molar-refractivity contribution >= 4 is 5.57 Å². The third-order valence-electron chi connectivity index (χ3n) is 3.69. The topological polar surface area (TPSA) is 0 Å². The Kier molecular flexibility index (Phi) is 5.82. The fourth-order valence-electron chi connectivity index (χ4n) is 2.45. The minimum Gasteiger partial charge on any atom is -0.0905 e. The van der Waals surface area contributed by atoms with E-state index >= 15 is 0 Å². The number of rotatable bonds is 5. The molecular formula is C19H26. The van der Waals surface area contributed by atoms with Gasteiger partial charge in [0.1, 0.15) is 0 Å². The van der Waals surface area contributed by atoms with Crippen LogP contribution < -0.4 is 0 Å². The maximum Gasteiger partial charge on any atom is -0.0123 e. The molecule has 0 atom stereocenters. The summed E-state index contributed by atoms with van der Waals surface area (Å²) < 4.78 is 0. The SMILES string of the molecule is C=C(C(/C=C\C)=C(\C)CC)c1c(C)cccc1CC. The van der Waals surface area contributed by atoms with E-state index in [1.807, 2.05) is 0 Å². The zero-order chi connectivity index (χ0) is 14.4. The average Bonchev–Trinajstić information content (AvgIpc) is 2.42. The van der Waals surface area contributed by atoms with Crippen LogP contribution in [0.3, 0.4) is 0 Å². The van der Waals surface area contributed by atoms with Crippen LogP contribution >= 0.6 is 0 Å². The van der Waals surface area contributed by atoms with Gasteiger partial charge in [0.15, 0.2) is 0 Å². The van der Waals surface area contributed by atoms with E-state index < -0.39 is 0 Å². The van der Waals surface area contributed by atoms with Crippen molar-refractivity contribution in [2.45, 2.75) is 47.5 Å². The van der Waals surface area contributed by atoms with E-state index in [1.165, 1.54) is 27.8 Å². The Bertz CT molecular complexity index is 513. The molecule has 19 heavy (non-hydrogen) atoms. The van der Waals surface area contributed by atoms with Gasteiger partial charge in [-0.2, -0.15) is 0 Å². The number of hydrogen-bond acceptors (Lipinski definition) is 0. The quantitative estimate of drug-likeness (QED) is 0.576. The highest BCUT2D eigenvalue weighted by atomic mass is 14.2. The summed E-state index contributed by atoms with van der Waals surface area (Å²) in [7, 11) is 0. The maximum absolute atomic E-state index is 4.37. The fraction of sp³-hybridized carbons (Fsp3) is 0.368. The van der Waals surface area contributed by atoms with Crippen LogP contribution in [0.5, 0.6) is 0 Å². The second kappa shape index (κ2) is 7.13. The maximum atomic E-state index is 4.37. The van der Waals surface area contributed by atoms with E-state index in [4.69, 9.17) is 0 Å². The molecule has 1 aromatic carbocycles. The van der Waals surface area contributed by atoms with Gasteiger partial charge in [-0.15, -0.1) is 0 Å². The highest BCUT2D eigenvalue weighted by Gasteiger charge is 2.11. The largest absolute Gasteiger partial charge is 0.0905 e. The van der Waals surface area contributed by atoms with Gasteiger partial charge in [0.05, 0.1) is 0 Å². The van der Waals surface area contributed by atoms with Gasteiger partial charge in [0.25, 0.3) is 0 Å². The van der Waals surface area contributed by atoms with Crippen molar-refractivity contribution in [3.8, 4) is 0 Å². The molecule has 0 unspecified atom stereocenters. The van der Waals surface area contributed by atoms with Crippen molar-refractivity contribution in [2.75, 3.05) is 0 Å². The van der Waals surface area contributed by atoms with Crippen LogP contribution in [0.2, 0.25) is 0 Å². The first-order chi connectivity index (χ1) is 9.06. The standard InChI is InChI=1S/C19H26/c1-7-11-18(14(4)8-2)16(6)19-15(5)12-10-13-17(19)9-3/h7,10-13H,6,8-9H2,1-5H3/b11-7-,18-14+. The monoisotopic (exact) mass is 254 g/mol. The molecule has 0 aliphatic carbocycles. The van der Waals surface area contributed by atoms with Crippen molar-refractivity contribution < 1.29 is 0 Å². The molecule has 102 valence electrons. The van der Waals surface area contributed by atoms with Crippen molar-refractivity contribution in [1.82, 2.24) is 0 Å². The van der Waals surface area contributed by atoms with Gasteiger partial charge in [0, 0.05) is 0 Å². The van der Waals surface area contributed by atoms with Gasteiger partial charge in [0.2, 0.25) is 0 Å². The molecule has 0 N–H and O–H groups in total. The Balaban J connectivity index is 3.41. The zero-order valence-electron chi connectivity index (χ0n) is 13.0. The predicted molar refractivity (Wildman–Crippen MR) is 87.4 cm³/mol. The van der Waals surface area contributed by atoms with Crippen LogP contribution in [0.1, 0.15) is 50.8 Å². The van der Waals surface area contributed by atoms with Crippen molar-refractivity contribution in [2.24, 2.45) is 0 Å². The van der Waals surface area contributed by atoms with Crippen molar-refractivity contribution in [3.63, 3.8) is 0 Å². The van der Waals surface area contributed by atoms with Gasteiger partial charge in [-0.3, -0.25) is 0 Å². The number of allylic oxidation sites excluding steroid dienone is 5. The third kappa shape index (κ3) is 3.47. The van der Waals surface area contributed by atoms with Crippen molar-refractivity contribution in [1.29, 1.82) is 0 Å². The molecule has 0 aliphatic heterocycles. The summed E-state index contributed by atoms with van der Waals surface area (Å²) >= 11 is 0. The molecule has 1 rings (SSSR count). The lowest BCUT2D eigenvalue weighted by molar-refractivity contribution is 1.08. The van der Waals surface area contributed by atoms with Crippen LogP contribution in [0.25, 0.3) is 5.57 Å². The summed E-state index contributed by atoms with van der Waals surface area (Å²) in [5, 5.41) is 0. The minimum atomic E-state index is 1.05. The molecule has 0 aliphatic rings. The second-order valence-electron chi connectivity index (χ2n) is 4.99. The lowest BCUT2D eigenvalue weighted by Gasteiger charge is -2.17.